The standard InChI is InChI=1S/C41H50N8O15/c1-20(42)35(57)45-28(17-33(53)54)38(60)44-26(12-13-32(51)52)36(58)46-27(15-21-8-10-23(50)11-9-21)37(59)47-29(18-34(55)56)39(61)48-30(40(62)49-14-4-7-31(49)41(63)64)16-22-19-43-25-6-3-2-5-24(22)25/h2-3,5-6,8-11,19-20,26-31,43,50H,4,7,12-18,42H2,1H3,(H,44,60)(H,45,57)(H,46,58)(H,47,59)(H,48,61)(H,51,52)(H,53,54)(H,55,56)(H,63,64)/t20-,26-,27-,28-,29-,30-,31-/m0/s1. The van der Waals surface area contributed by atoms with Gasteiger partial charge in [0, 0.05) is 42.9 Å². The van der Waals surface area contributed by atoms with Gasteiger partial charge in [-0.05, 0) is 55.5 Å². The first-order valence-electron chi connectivity index (χ1n) is 20.0. The van der Waals surface area contributed by atoms with Gasteiger partial charge in [0.25, 0.3) is 0 Å². The monoisotopic (exact) mass is 894 g/mol. The lowest BCUT2D eigenvalue weighted by Gasteiger charge is -2.29. The van der Waals surface area contributed by atoms with Crippen LogP contribution in [0.3, 0.4) is 0 Å². The Bertz CT molecular complexity index is 2240. The van der Waals surface area contributed by atoms with Gasteiger partial charge >= 0.3 is 23.9 Å². The highest BCUT2D eigenvalue weighted by molar-refractivity contribution is 5.99. The summed E-state index contributed by atoms with van der Waals surface area (Å²) >= 11 is 0. The molecule has 0 unspecified atom stereocenters. The molecule has 1 aliphatic rings. The number of H-pyrrole nitrogens is 1. The van der Waals surface area contributed by atoms with Crippen LogP contribution in [0.15, 0.2) is 54.7 Å². The van der Waals surface area contributed by atoms with E-state index in [2.05, 4.69) is 31.6 Å². The van der Waals surface area contributed by atoms with Crippen molar-refractivity contribution in [3.63, 3.8) is 0 Å². The third-order valence-electron chi connectivity index (χ3n) is 10.3. The van der Waals surface area contributed by atoms with Crippen molar-refractivity contribution in [2.24, 2.45) is 5.73 Å². The van der Waals surface area contributed by atoms with Crippen molar-refractivity contribution in [2.75, 3.05) is 6.54 Å². The number of likely N-dealkylation sites (tertiary alicyclic amines) is 1. The molecule has 13 N–H and O–H groups in total. The fourth-order valence-corrected chi connectivity index (χ4v) is 6.98. The third kappa shape index (κ3) is 14.0. The number of aromatic nitrogens is 1. The molecule has 1 aliphatic heterocycles. The number of nitrogens with one attached hydrogen (secondary N) is 6. The molecule has 2 aromatic carbocycles. The summed E-state index contributed by atoms with van der Waals surface area (Å²) in [5, 5.41) is 60.4. The number of phenols is 1. The minimum atomic E-state index is -1.93. The molecule has 23 heteroatoms. The minimum Gasteiger partial charge on any atom is -0.508 e. The van der Waals surface area contributed by atoms with E-state index >= 15 is 0 Å². The molecule has 1 fully saturated rings. The zero-order valence-corrected chi connectivity index (χ0v) is 34.4. The van der Waals surface area contributed by atoms with Crippen LogP contribution in [0.1, 0.15) is 56.6 Å². The Morgan fingerprint density at radius 2 is 1.22 bits per heavy atom. The zero-order valence-electron chi connectivity index (χ0n) is 34.4. The smallest absolute Gasteiger partial charge is 0.326 e. The van der Waals surface area contributed by atoms with Crippen molar-refractivity contribution >= 4 is 70.2 Å². The Balaban J connectivity index is 1.64. The van der Waals surface area contributed by atoms with E-state index in [0.717, 1.165) is 4.90 Å². The van der Waals surface area contributed by atoms with Gasteiger partial charge in [-0.15, -0.1) is 0 Å². The van der Waals surface area contributed by atoms with Gasteiger partial charge in [0.1, 0.15) is 42.0 Å². The maximum atomic E-state index is 14.1. The van der Waals surface area contributed by atoms with Gasteiger partial charge in [-0.2, -0.15) is 0 Å². The molecule has 64 heavy (non-hydrogen) atoms. The number of nitrogens with zero attached hydrogens (tertiary/aromatic N) is 1. The third-order valence-corrected chi connectivity index (χ3v) is 10.3. The summed E-state index contributed by atoms with van der Waals surface area (Å²) < 4.78 is 0. The summed E-state index contributed by atoms with van der Waals surface area (Å²) in [4.78, 5) is 133. The van der Waals surface area contributed by atoms with E-state index in [0.29, 0.717) is 28.5 Å². The van der Waals surface area contributed by atoms with E-state index in [4.69, 9.17) is 5.73 Å². The fourth-order valence-electron chi connectivity index (χ4n) is 6.98. The molecule has 0 saturated carbocycles. The molecule has 0 radical (unpaired) electrons. The van der Waals surface area contributed by atoms with Crippen molar-refractivity contribution in [1.82, 2.24) is 36.5 Å². The predicted molar refractivity (Wildman–Crippen MR) is 221 cm³/mol. The Kier molecular flexibility index (Phi) is 17.3. The number of hydrogen-bond acceptors (Lipinski definition) is 12. The van der Waals surface area contributed by atoms with Crippen LogP contribution >= 0.6 is 0 Å². The number of aromatic amines is 1. The predicted octanol–water partition coefficient (Wildman–Crippen LogP) is -1.68. The Hall–Kier alpha value is -7.56. The Labute approximate surface area is 364 Å². The molecule has 1 aromatic heterocycles. The number of aliphatic carboxylic acids is 4. The van der Waals surface area contributed by atoms with Crippen LogP contribution in [-0.4, -0.2) is 144 Å². The van der Waals surface area contributed by atoms with Gasteiger partial charge in [-0.1, -0.05) is 30.3 Å². The summed E-state index contributed by atoms with van der Waals surface area (Å²) in [6, 6.07) is 1.21. The summed E-state index contributed by atoms with van der Waals surface area (Å²) in [5.41, 5.74) is 7.07. The van der Waals surface area contributed by atoms with Crippen LogP contribution in [0.4, 0.5) is 0 Å². The van der Waals surface area contributed by atoms with Crippen molar-refractivity contribution in [3.05, 3.63) is 65.9 Å². The van der Waals surface area contributed by atoms with Crippen LogP contribution in [-0.2, 0) is 60.8 Å². The number of benzene rings is 2. The number of amides is 6. The van der Waals surface area contributed by atoms with Crippen molar-refractivity contribution in [2.45, 2.75) is 101 Å². The number of para-hydroxylation sites is 1. The van der Waals surface area contributed by atoms with Gasteiger partial charge < -0.3 is 67.7 Å². The average Bonchev–Trinajstić information content (AvgIpc) is 3.89. The molecule has 3 aromatic rings. The molecule has 0 spiro atoms. The van der Waals surface area contributed by atoms with Crippen molar-refractivity contribution in [1.29, 1.82) is 0 Å². The highest BCUT2D eigenvalue weighted by Gasteiger charge is 2.40. The van der Waals surface area contributed by atoms with Gasteiger partial charge in [-0.3, -0.25) is 43.2 Å². The summed E-state index contributed by atoms with van der Waals surface area (Å²) in [7, 11) is 0. The first kappa shape index (κ1) is 49.1. The molecule has 23 nitrogen and oxygen atoms in total. The Morgan fingerprint density at radius 1 is 0.688 bits per heavy atom. The minimum absolute atomic E-state index is 0.0552. The van der Waals surface area contributed by atoms with Gasteiger partial charge in [0.05, 0.1) is 18.9 Å². The van der Waals surface area contributed by atoms with Crippen LogP contribution in [0, 0.1) is 0 Å². The zero-order chi connectivity index (χ0) is 47.2. The maximum absolute atomic E-state index is 14.1. The lowest BCUT2D eigenvalue weighted by atomic mass is 10.0. The largest absolute Gasteiger partial charge is 0.508 e. The van der Waals surface area contributed by atoms with E-state index < -0.39 is 134 Å². The highest BCUT2D eigenvalue weighted by atomic mass is 16.4. The molecule has 2 heterocycles. The molecule has 7 atom stereocenters. The quantitative estimate of drug-likeness (QED) is 0.0506. The van der Waals surface area contributed by atoms with Gasteiger partial charge in [-0.25, -0.2) is 4.79 Å². The van der Waals surface area contributed by atoms with Gasteiger partial charge in [0.15, 0.2) is 0 Å². The van der Waals surface area contributed by atoms with E-state index in [1.54, 1.807) is 30.5 Å². The van der Waals surface area contributed by atoms with E-state index in [9.17, 15) is 73.5 Å². The second kappa shape index (κ2) is 22.5. The highest BCUT2D eigenvalue weighted by Crippen LogP contribution is 2.23. The van der Waals surface area contributed by atoms with Crippen LogP contribution in [0.2, 0.25) is 0 Å². The molecule has 0 bridgehead atoms. The normalized spacial score (nSPS) is 16.2. The molecule has 0 aliphatic carbocycles. The number of rotatable bonds is 23. The number of hydrogen-bond donors (Lipinski definition) is 12. The van der Waals surface area contributed by atoms with Crippen LogP contribution in [0.5, 0.6) is 5.75 Å². The number of aromatic hydroxyl groups is 1. The lowest BCUT2D eigenvalue weighted by molar-refractivity contribution is -0.149. The van der Waals surface area contributed by atoms with Crippen molar-refractivity contribution in [3.8, 4) is 5.75 Å². The summed E-state index contributed by atoms with van der Waals surface area (Å²) in [6.07, 6.45) is -1.85. The van der Waals surface area contributed by atoms with E-state index in [-0.39, 0.29) is 25.1 Å². The van der Waals surface area contributed by atoms with E-state index in [1.165, 1.54) is 31.2 Å². The van der Waals surface area contributed by atoms with Crippen LogP contribution < -0.4 is 32.3 Å². The number of carbonyl (C=O) groups excluding carboxylic acids is 6. The molecule has 1 saturated heterocycles. The number of fused-ring (bicyclic) bond motifs is 1. The maximum Gasteiger partial charge on any atom is 0.326 e. The topological polar surface area (TPSA) is 377 Å². The van der Waals surface area contributed by atoms with Crippen molar-refractivity contribution < 1.29 is 73.5 Å². The molecule has 6 amide bonds. The number of carboxylic acids is 4. The number of phenolic OH excluding ortho intramolecular Hbond substituents is 1. The summed E-state index contributed by atoms with van der Waals surface area (Å²) in [5.74, 6) is -12.4. The fraction of sp³-hybridized carbons (Fsp3) is 0.415. The Morgan fingerprint density at radius 3 is 1.80 bits per heavy atom. The first-order chi connectivity index (χ1) is 30.2. The van der Waals surface area contributed by atoms with Gasteiger partial charge in [0.2, 0.25) is 35.4 Å². The SMILES string of the molecule is C[C@H](N)C(=O)N[C@@H](CC(=O)O)C(=O)N[C@@H](CCC(=O)O)C(=O)N[C@@H](Cc1ccc(O)cc1)C(=O)N[C@@H](CC(=O)O)C(=O)N[C@@H](Cc1c[nH]c2ccccc12)C(=O)N1CCC[C@H]1C(=O)O. The molecule has 4 rings (SSSR count). The first-order valence-corrected chi connectivity index (χ1v) is 20.0. The molecular formula is C41H50N8O15. The second-order valence-electron chi connectivity index (χ2n) is 15.2. The lowest BCUT2D eigenvalue weighted by Crippen LogP contribution is -2.60. The number of nitrogens with two attached hydrogens (primary N) is 1. The number of carbonyl (C=O) groups is 10. The molecule has 344 valence electrons. The van der Waals surface area contributed by atoms with E-state index in [1.807, 2.05) is 0 Å². The molecular weight excluding hydrogens is 844 g/mol. The number of carboxylic acid groups (broad SMARTS) is 4. The average molecular weight is 895 g/mol. The van der Waals surface area contributed by atoms with Crippen LogP contribution in [0.25, 0.3) is 10.9 Å². The summed E-state index contributed by atoms with van der Waals surface area (Å²) in [6.45, 7) is 1.31. The second-order valence-corrected chi connectivity index (χ2v) is 15.2.